The van der Waals surface area contributed by atoms with Crippen LogP contribution in [0.2, 0.25) is 0 Å². The quantitative estimate of drug-likeness (QED) is 0.241. The Kier molecular flexibility index (Phi) is 11.2. The van der Waals surface area contributed by atoms with Crippen molar-refractivity contribution in [3.63, 3.8) is 0 Å². The van der Waals surface area contributed by atoms with E-state index < -0.39 is 0 Å². The first kappa shape index (κ1) is 25.0. The van der Waals surface area contributed by atoms with Crippen molar-refractivity contribution in [3.05, 3.63) is 29.3 Å². The van der Waals surface area contributed by atoms with Gasteiger partial charge in [-0.2, -0.15) is 0 Å². The number of rotatable bonds is 8. The average Bonchev–Trinajstić information content (AvgIpc) is 2.68. The van der Waals surface area contributed by atoms with Crippen molar-refractivity contribution in [1.29, 1.82) is 0 Å². The first-order chi connectivity index (χ1) is 13.0. The minimum atomic E-state index is -0.00876. The Morgan fingerprint density at radius 3 is 2.57 bits per heavy atom. The SMILES string of the molecule is CN=C(NCCCC(C)C)NCC1(c2cc(C)ccc2OC)CCOCC1.I. The monoisotopic (exact) mass is 503 g/mol. The first-order valence-electron chi connectivity index (χ1n) is 10.2. The molecule has 0 aromatic heterocycles. The van der Waals surface area contributed by atoms with Gasteiger partial charge in [0.05, 0.1) is 7.11 Å². The lowest BCUT2D eigenvalue weighted by molar-refractivity contribution is 0.0505. The van der Waals surface area contributed by atoms with Crippen LogP contribution in [-0.2, 0) is 10.2 Å². The molecule has 28 heavy (non-hydrogen) atoms. The van der Waals surface area contributed by atoms with E-state index in [1.165, 1.54) is 17.5 Å². The fourth-order valence-corrected chi connectivity index (χ4v) is 3.73. The van der Waals surface area contributed by atoms with Gasteiger partial charge in [0.15, 0.2) is 5.96 Å². The zero-order valence-corrected chi connectivity index (χ0v) is 20.5. The van der Waals surface area contributed by atoms with Gasteiger partial charge in [0.2, 0.25) is 0 Å². The zero-order valence-electron chi connectivity index (χ0n) is 18.1. The Hall–Kier alpha value is -1.02. The van der Waals surface area contributed by atoms with Gasteiger partial charge in [-0.3, -0.25) is 4.99 Å². The molecule has 0 aliphatic carbocycles. The number of nitrogens with zero attached hydrogens (tertiary/aromatic N) is 1. The standard InChI is InChI=1S/C22H37N3O2.HI/c1-17(2)7-6-12-24-21(23-4)25-16-22(10-13-27-14-11-22)19-15-18(3)8-9-20(19)26-5;/h8-9,15,17H,6-7,10-14,16H2,1-5H3,(H2,23,24,25);1H. The molecule has 0 spiro atoms. The molecule has 1 aliphatic rings. The molecular weight excluding hydrogens is 465 g/mol. The predicted molar refractivity (Wildman–Crippen MR) is 128 cm³/mol. The molecule has 0 saturated carbocycles. The van der Waals surface area contributed by atoms with Crippen molar-refractivity contribution >= 4 is 29.9 Å². The summed E-state index contributed by atoms with van der Waals surface area (Å²) in [6.45, 7) is 9.98. The molecule has 1 heterocycles. The number of hydrogen-bond acceptors (Lipinski definition) is 3. The van der Waals surface area contributed by atoms with Crippen molar-refractivity contribution < 1.29 is 9.47 Å². The summed E-state index contributed by atoms with van der Waals surface area (Å²) >= 11 is 0. The number of benzene rings is 1. The van der Waals surface area contributed by atoms with Crippen molar-refractivity contribution in [2.45, 2.75) is 51.9 Å². The van der Waals surface area contributed by atoms with Crippen molar-refractivity contribution in [2.24, 2.45) is 10.9 Å². The van der Waals surface area contributed by atoms with Gasteiger partial charge in [0.1, 0.15) is 5.75 Å². The number of ether oxygens (including phenoxy) is 2. The van der Waals surface area contributed by atoms with Crippen LogP contribution in [0.15, 0.2) is 23.2 Å². The summed E-state index contributed by atoms with van der Waals surface area (Å²) in [6, 6.07) is 6.46. The second-order valence-electron chi connectivity index (χ2n) is 7.99. The minimum absolute atomic E-state index is 0. The van der Waals surface area contributed by atoms with Gasteiger partial charge in [-0.05, 0) is 44.6 Å². The molecule has 0 atom stereocenters. The summed E-state index contributed by atoms with van der Waals surface area (Å²) in [5, 5.41) is 7.01. The molecule has 2 rings (SSSR count). The highest BCUT2D eigenvalue weighted by Crippen LogP contribution is 2.40. The number of aliphatic imine (C=N–C) groups is 1. The Labute approximate surface area is 188 Å². The van der Waals surface area contributed by atoms with Crippen molar-refractivity contribution in [3.8, 4) is 5.75 Å². The molecule has 6 heteroatoms. The molecule has 0 radical (unpaired) electrons. The Bertz CT molecular complexity index is 614. The molecule has 1 fully saturated rings. The lowest BCUT2D eigenvalue weighted by Crippen LogP contribution is -2.48. The lowest BCUT2D eigenvalue weighted by atomic mass is 9.73. The molecule has 1 aromatic carbocycles. The van der Waals surface area contributed by atoms with E-state index in [4.69, 9.17) is 9.47 Å². The van der Waals surface area contributed by atoms with Crippen LogP contribution >= 0.6 is 24.0 Å². The topological polar surface area (TPSA) is 54.9 Å². The highest BCUT2D eigenvalue weighted by atomic mass is 127. The normalized spacial score (nSPS) is 16.4. The molecule has 2 N–H and O–H groups in total. The molecule has 1 aromatic rings. The summed E-state index contributed by atoms with van der Waals surface area (Å²) in [6.07, 6.45) is 4.34. The van der Waals surface area contributed by atoms with E-state index in [2.05, 4.69) is 54.6 Å². The minimum Gasteiger partial charge on any atom is -0.496 e. The molecular formula is C22H38IN3O2. The second-order valence-corrected chi connectivity index (χ2v) is 7.99. The Balaban J connectivity index is 0.00000392. The fourth-order valence-electron chi connectivity index (χ4n) is 3.73. The largest absolute Gasteiger partial charge is 0.496 e. The molecule has 0 bridgehead atoms. The van der Waals surface area contributed by atoms with Gasteiger partial charge in [0, 0.05) is 44.3 Å². The van der Waals surface area contributed by atoms with E-state index >= 15 is 0 Å². The number of methoxy groups -OCH3 is 1. The summed E-state index contributed by atoms with van der Waals surface area (Å²) in [5.41, 5.74) is 2.52. The number of halogens is 1. The van der Waals surface area contributed by atoms with E-state index in [0.717, 1.165) is 63.2 Å². The average molecular weight is 503 g/mol. The smallest absolute Gasteiger partial charge is 0.191 e. The first-order valence-corrected chi connectivity index (χ1v) is 10.2. The third-order valence-corrected chi connectivity index (χ3v) is 5.44. The Morgan fingerprint density at radius 1 is 1.25 bits per heavy atom. The third kappa shape index (κ3) is 7.10. The van der Waals surface area contributed by atoms with E-state index in [1.54, 1.807) is 7.11 Å². The van der Waals surface area contributed by atoms with Crippen LogP contribution in [0.1, 0.15) is 50.7 Å². The summed E-state index contributed by atoms with van der Waals surface area (Å²) < 4.78 is 11.4. The van der Waals surface area contributed by atoms with Crippen LogP contribution in [0.4, 0.5) is 0 Å². The second kappa shape index (κ2) is 12.5. The summed E-state index contributed by atoms with van der Waals surface area (Å²) in [7, 11) is 3.59. The van der Waals surface area contributed by atoms with Gasteiger partial charge in [-0.15, -0.1) is 24.0 Å². The maximum atomic E-state index is 5.70. The lowest BCUT2D eigenvalue weighted by Gasteiger charge is -2.39. The van der Waals surface area contributed by atoms with Crippen molar-refractivity contribution in [2.75, 3.05) is 40.5 Å². The van der Waals surface area contributed by atoms with Crippen LogP contribution < -0.4 is 15.4 Å². The van der Waals surface area contributed by atoms with Crippen LogP contribution in [0.3, 0.4) is 0 Å². The van der Waals surface area contributed by atoms with Gasteiger partial charge < -0.3 is 20.1 Å². The van der Waals surface area contributed by atoms with Crippen molar-refractivity contribution in [1.82, 2.24) is 10.6 Å². The summed E-state index contributed by atoms with van der Waals surface area (Å²) in [4.78, 5) is 4.41. The Morgan fingerprint density at radius 2 is 1.96 bits per heavy atom. The zero-order chi connectivity index (χ0) is 19.7. The number of guanidine groups is 1. The molecule has 0 unspecified atom stereocenters. The van der Waals surface area contributed by atoms with Gasteiger partial charge in [0.25, 0.3) is 0 Å². The maximum absolute atomic E-state index is 5.70. The van der Waals surface area contributed by atoms with Crippen LogP contribution in [0.25, 0.3) is 0 Å². The van der Waals surface area contributed by atoms with E-state index in [1.807, 2.05) is 7.05 Å². The summed E-state index contributed by atoms with van der Waals surface area (Å²) in [5.74, 6) is 2.57. The maximum Gasteiger partial charge on any atom is 0.191 e. The highest BCUT2D eigenvalue weighted by Gasteiger charge is 2.37. The van der Waals surface area contributed by atoms with Crippen LogP contribution in [0, 0.1) is 12.8 Å². The highest BCUT2D eigenvalue weighted by molar-refractivity contribution is 14.0. The van der Waals surface area contributed by atoms with Gasteiger partial charge in [-0.1, -0.05) is 31.5 Å². The predicted octanol–water partition coefficient (Wildman–Crippen LogP) is 4.27. The fraction of sp³-hybridized carbons (Fsp3) is 0.682. The molecule has 1 saturated heterocycles. The van der Waals surface area contributed by atoms with Gasteiger partial charge >= 0.3 is 0 Å². The third-order valence-electron chi connectivity index (χ3n) is 5.44. The molecule has 0 amide bonds. The van der Waals surface area contributed by atoms with E-state index in [-0.39, 0.29) is 29.4 Å². The molecule has 160 valence electrons. The van der Waals surface area contributed by atoms with E-state index in [9.17, 15) is 0 Å². The molecule has 5 nitrogen and oxygen atoms in total. The molecule has 1 aliphatic heterocycles. The van der Waals surface area contributed by atoms with Crippen LogP contribution in [0.5, 0.6) is 5.75 Å². The number of nitrogens with one attached hydrogen (secondary N) is 2. The van der Waals surface area contributed by atoms with E-state index in [0.29, 0.717) is 0 Å². The van der Waals surface area contributed by atoms with Crippen LogP contribution in [-0.4, -0.2) is 46.4 Å². The van der Waals surface area contributed by atoms with Gasteiger partial charge in [-0.25, -0.2) is 0 Å². The number of hydrogen-bond donors (Lipinski definition) is 2. The number of aryl methyl sites for hydroxylation is 1.